The minimum atomic E-state index is 0.0730. The summed E-state index contributed by atoms with van der Waals surface area (Å²) in [5, 5.41) is 3.00. The first-order chi connectivity index (χ1) is 8.70. The molecule has 1 heterocycles. The van der Waals surface area contributed by atoms with Gasteiger partial charge in [-0.25, -0.2) is 0 Å². The van der Waals surface area contributed by atoms with Gasteiger partial charge in [0.05, 0.1) is 4.58 Å². The highest BCUT2D eigenvalue weighted by Gasteiger charge is 2.18. The molecule has 18 heavy (non-hydrogen) atoms. The topological polar surface area (TPSA) is 29.1 Å². The molecule has 1 N–H and O–H groups in total. The minimum absolute atomic E-state index is 0.0730. The molecule has 0 radical (unpaired) electrons. The highest BCUT2D eigenvalue weighted by atomic mass is 32.2. The van der Waals surface area contributed by atoms with E-state index in [1.54, 1.807) is 0 Å². The van der Waals surface area contributed by atoms with E-state index in [4.69, 9.17) is 0 Å². The molecule has 1 aliphatic rings. The Morgan fingerprint density at radius 2 is 2.17 bits per heavy atom. The van der Waals surface area contributed by atoms with Crippen molar-refractivity contribution < 1.29 is 4.79 Å². The molecule has 1 saturated heterocycles. The van der Waals surface area contributed by atoms with Gasteiger partial charge < -0.3 is 5.32 Å². The van der Waals surface area contributed by atoms with Gasteiger partial charge >= 0.3 is 0 Å². The number of benzene rings is 1. The zero-order chi connectivity index (χ0) is 13.0. The first-order valence-electron chi connectivity index (χ1n) is 6.34. The summed E-state index contributed by atoms with van der Waals surface area (Å²) in [6.45, 7) is 3.99. The highest BCUT2D eigenvalue weighted by Crippen LogP contribution is 2.45. The van der Waals surface area contributed by atoms with E-state index in [0.29, 0.717) is 4.58 Å². The maximum absolute atomic E-state index is 11.9. The maximum Gasteiger partial charge on any atom is 0.227 e. The third-order valence-electron chi connectivity index (χ3n) is 3.11. The summed E-state index contributed by atoms with van der Waals surface area (Å²) in [6.07, 6.45) is 0.875. The van der Waals surface area contributed by atoms with Gasteiger partial charge in [0.1, 0.15) is 0 Å². The van der Waals surface area contributed by atoms with Crippen molar-refractivity contribution in [2.75, 3.05) is 16.8 Å². The summed E-state index contributed by atoms with van der Waals surface area (Å²) in [5.41, 5.74) is 2.23. The average Bonchev–Trinajstić information content (AvgIpc) is 2.92. The second-order valence-corrected chi connectivity index (χ2v) is 7.22. The minimum Gasteiger partial charge on any atom is -0.326 e. The van der Waals surface area contributed by atoms with Gasteiger partial charge in [-0.3, -0.25) is 4.79 Å². The van der Waals surface area contributed by atoms with E-state index in [9.17, 15) is 4.79 Å². The number of rotatable bonds is 4. The average molecular weight is 281 g/mol. The summed E-state index contributed by atoms with van der Waals surface area (Å²) in [7, 11) is 0. The zero-order valence-corrected chi connectivity index (χ0v) is 12.4. The van der Waals surface area contributed by atoms with Crippen molar-refractivity contribution in [1.82, 2.24) is 0 Å². The van der Waals surface area contributed by atoms with Crippen molar-refractivity contribution in [3.05, 3.63) is 29.8 Å². The molecule has 2 rings (SSSR count). The lowest BCUT2D eigenvalue weighted by Gasteiger charge is -2.13. The fraction of sp³-hybridized carbons (Fsp3) is 0.500. The quantitative estimate of drug-likeness (QED) is 0.899. The summed E-state index contributed by atoms with van der Waals surface area (Å²) in [4.78, 5) is 11.9. The molecule has 98 valence electrons. The van der Waals surface area contributed by atoms with Gasteiger partial charge in [0.25, 0.3) is 0 Å². The van der Waals surface area contributed by atoms with Gasteiger partial charge in [0.2, 0.25) is 5.91 Å². The first kappa shape index (κ1) is 13.8. The van der Waals surface area contributed by atoms with Crippen LogP contribution in [0, 0.1) is 5.92 Å². The predicted octanol–water partition coefficient (Wildman–Crippen LogP) is 4.15. The lowest BCUT2D eigenvalue weighted by atomic mass is 10.1. The number of amides is 1. The second-order valence-electron chi connectivity index (χ2n) is 4.50. The van der Waals surface area contributed by atoms with E-state index < -0.39 is 0 Å². The number of carbonyl (C=O) groups excluding carboxylic acids is 1. The number of hydrogen-bond acceptors (Lipinski definition) is 3. The van der Waals surface area contributed by atoms with Crippen LogP contribution in [-0.2, 0) is 4.79 Å². The molecule has 1 aromatic carbocycles. The van der Waals surface area contributed by atoms with Crippen LogP contribution in [0.4, 0.5) is 5.69 Å². The van der Waals surface area contributed by atoms with Crippen molar-refractivity contribution in [3.63, 3.8) is 0 Å². The van der Waals surface area contributed by atoms with E-state index in [2.05, 4.69) is 17.4 Å². The molecular weight excluding hydrogens is 262 g/mol. The van der Waals surface area contributed by atoms with Crippen molar-refractivity contribution in [3.8, 4) is 0 Å². The highest BCUT2D eigenvalue weighted by molar-refractivity contribution is 8.19. The number of anilines is 1. The van der Waals surface area contributed by atoms with E-state index in [1.807, 2.05) is 49.5 Å². The molecule has 1 amide bonds. The summed E-state index contributed by atoms with van der Waals surface area (Å²) < 4.78 is 0.533. The van der Waals surface area contributed by atoms with Gasteiger partial charge in [-0.1, -0.05) is 26.0 Å². The number of thioether (sulfide) groups is 2. The van der Waals surface area contributed by atoms with Crippen molar-refractivity contribution in [2.45, 2.75) is 24.9 Å². The van der Waals surface area contributed by atoms with E-state index in [0.717, 1.165) is 12.1 Å². The van der Waals surface area contributed by atoms with Crippen LogP contribution in [0.5, 0.6) is 0 Å². The summed E-state index contributed by atoms with van der Waals surface area (Å²) in [6, 6.07) is 8.25. The van der Waals surface area contributed by atoms with E-state index in [-0.39, 0.29) is 11.8 Å². The lowest BCUT2D eigenvalue weighted by Crippen LogP contribution is -2.19. The molecule has 0 aliphatic carbocycles. The van der Waals surface area contributed by atoms with Crippen LogP contribution in [-0.4, -0.2) is 17.4 Å². The fourth-order valence-electron chi connectivity index (χ4n) is 1.76. The number of carbonyl (C=O) groups is 1. The molecule has 4 heteroatoms. The molecule has 0 bridgehead atoms. The van der Waals surface area contributed by atoms with Crippen LogP contribution < -0.4 is 5.32 Å². The maximum atomic E-state index is 11.9. The monoisotopic (exact) mass is 281 g/mol. The molecule has 1 atom stereocenters. The van der Waals surface area contributed by atoms with Crippen LogP contribution in [0.25, 0.3) is 0 Å². The Hall–Kier alpha value is -0.610. The van der Waals surface area contributed by atoms with E-state index >= 15 is 0 Å². The largest absolute Gasteiger partial charge is 0.326 e. The Morgan fingerprint density at radius 1 is 1.44 bits per heavy atom. The van der Waals surface area contributed by atoms with Gasteiger partial charge in [0.15, 0.2) is 0 Å². The summed E-state index contributed by atoms with van der Waals surface area (Å²) >= 11 is 3.97. The molecule has 2 nitrogen and oxygen atoms in total. The number of nitrogens with one attached hydrogen (secondary N) is 1. The second kappa shape index (κ2) is 6.53. The van der Waals surface area contributed by atoms with Crippen LogP contribution in [0.15, 0.2) is 24.3 Å². The molecule has 1 aliphatic heterocycles. The molecule has 0 aromatic heterocycles. The zero-order valence-electron chi connectivity index (χ0n) is 10.8. The molecular formula is C14H19NOS2. The fourth-order valence-corrected chi connectivity index (χ4v) is 4.60. The van der Waals surface area contributed by atoms with Crippen LogP contribution in [0.1, 0.15) is 30.4 Å². The lowest BCUT2D eigenvalue weighted by molar-refractivity contribution is -0.119. The van der Waals surface area contributed by atoms with Gasteiger partial charge in [-0.2, -0.15) is 0 Å². The van der Waals surface area contributed by atoms with Crippen molar-refractivity contribution >= 4 is 35.1 Å². The summed E-state index contributed by atoms with van der Waals surface area (Å²) in [5.74, 6) is 2.63. The number of hydrogen-bond donors (Lipinski definition) is 1. The standard InChI is InChI=1S/C14H19NOS2/c1-3-10(2)13(16)15-12-6-4-5-11(9-12)14-17-7-8-18-14/h4-6,9-10,14H,3,7-8H2,1-2H3,(H,15,16)/t10-/m1/s1. The van der Waals surface area contributed by atoms with Crippen molar-refractivity contribution in [1.29, 1.82) is 0 Å². The van der Waals surface area contributed by atoms with Gasteiger partial charge in [-0.05, 0) is 24.1 Å². The van der Waals surface area contributed by atoms with E-state index in [1.165, 1.54) is 17.1 Å². The first-order valence-corrected chi connectivity index (χ1v) is 8.44. The van der Waals surface area contributed by atoms with Crippen LogP contribution >= 0.6 is 23.5 Å². The third-order valence-corrected chi connectivity index (χ3v) is 6.21. The third kappa shape index (κ3) is 3.45. The molecule has 1 fully saturated rings. The predicted molar refractivity (Wildman–Crippen MR) is 82.2 cm³/mol. The molecule has 0 unspecified atom stereocenters. The SMILES string of the molecule is CC[C@@H](C)C(=O)Nc1cccc(C2SCCS2)c1. The molecule has 0 saturated carbocycles. The van der Waals surface area contributed by atoms with Crippen LogP contribution in [0.2, 0.25) is 0 Å². The Morgan fingerprint density at radius 3 is 2.83 bits per heavy atom. The van der Waals surface area contributed by atoms with Gasteiger partial charge in [-0.15, -0.1) is 23.5 Å². The Labute approximate surface area is 117 Å². The molecule has 0 spiro atoms. The Balaban J connectivity index is 2.05. The Bertz CT molecular complexity index is 416. The van der Waals surface area contributed by atoms with Gasteiger partial charge in [0, 0.05) is 23.1 Å². The molecule has 1 aromatic rings. The van der Waals surface area contributed by atoms with Crippen molar-refractivity contribution in [2.24, 2.45) is 5.92 Å². The van der Waals surface area contributed by atoms with Crippen LogP contribution in [0.3, 0.4) is 0 Å². The Kier molecular flexibility index (Phi) is 5.01. The normalized spacial score (nSPS) is 17.7. The smallest absolute Gasteiger partial charge is 0.227 e.